The maximum atomic E-state index is 13.0. The molecule has 1 aliphatic heterocycles. The first kappa shape index (κ1) is 19.1. The number of hydrogen-bond acceptors (Lipinski definition) is 4. The van der Waals surface area contributed by atoms with E-state index in [2.05, 4.69) is 27.1 Å². The van der Waals surface area contributed by atoms with Gasteiger partial charge in [-0.05, 0) is 61.8 Å². The molecule has 1 unspecified atom stereocenters. The van der Waals surface area contributed by atoms with E-state index in [1.54, 1.807) is 24.4 Å². The Morgan fingerprint density at radius 2 is 2.19 bits per heavy atom. The number of aromatic nitrogens is 1. The molecule has 0 aliphatic carbocycles. The van der Waals surface area contributed by atoms with Crippen LogP contribution in [0.15, 0.2) is 47.6 Å². The zero-order valence-electron chi connectivity index (χ0n) is 15.6. The molecule has 3 rings (SSSR count). The van der Waals surface area contributed by atoms with E-state index in [9.17, 15) is 4.39 Å². The van der Waals surface area contributed by atoms with Crippen molar-refractivity contribution >= 4 is 5.96 Å². The molecule has 0 bridgehead atoms. The minimum Gasteiger partial charge on any atom is -0.439 e. The number of nitrogens with one attached hydrogen (secondary N) is 1. The third-order valence-electron chi connectivity index (χ3n) is 4.69. The summed E-state index contributed by atoms with van der Waals surface area (Å²) in [5.74, 6) is 1.10. The minimum atomic E-state index is -0.305. The number of aliphatic imine (C=N–C) groups is 1. The highest BCUT2D eigenvalue weighted by atomic mass is 19.1. The van der Waals surface area contributed by atoms with E-state index in [-0.39, 0.29) is 5.82 Å². The largest absolute Gasteiger partial charge is 0.439 e. The number of benzene rings is 1. The van der Waals surface area contributed by atoms with Crippen LogP contribution in [0.1, 0.15) is 25.3 Å². The van der Waals surface area contributed by atoms with Crippen molar-refractivity contribution in [2.45, 2.75) is 32.4 Å². The summed E-state index contributed by atoms with van der Waals surface area (Å²) < 4.78 is 18.6. The zero-order chi connectivity index (χ0) is 19.1. The molecule has 1 saturated heterocycles. The van der Waals surface area contributed by atoms with Crippen LogP contribution < -0.4 is 15.8 Å². The van der Waals surface area contributed by atoms with E-state index in [0.29, 0.717) is 30.2 Å². The third-order valence-corrected chi connectivity index (χ3v) is 4.69. The molecule has 7 heteroatoms. The van der Waals surface area contributed by atoms with Crippen LogP contribution in [0.3, 0.4) is 0 Å². The molecule has 0 spiro atoms. The number of rotatable bonds is 7. The lowest BCUT2D eigenvalue weighted by Crippen LogP contribution is -2.42. The van der Waals surface area contributed by atoms with Crippen LogP contribution in [0.5, 0.6) is 11.6 Å². The lowest BCUT2D eigenvalue weighted by molar-refractivity contribution is 0.267. The first-order valence-electron chi connectivity index (χ1n) is 9.30. The van der Waals surface area contributed by atoms with Gasteiger partial charge in [0.05, 0.1) is 6.54 Å². The monoisotopic (exact) mass is 371 g/mol. The summed E-state index contributed by atoms with van der Waals surface area (Å²) in [6.07, 6.45) is 4.10. The van der Waals surface area contributed by atoms with Gasteiger partial charge >= 0.3 is 0 Å². The van der Waals surface area contributed by atoms with Gasteiger partial charge in [-0.3, -0.25) is 4.90 Å². The second kappa shape index (κ2) is 9.32. The highest BCUT2D eigenvalue weighted by molar-refractivity contribution is 5.77. The molecule has 1 atom stereocenters. The Morgan fingerprint density at radius 3 is 2.96 bits per heavy atom. The quantitative estimate of drug-likeness (QED) is 0.578. The van der Waals surface area contributed by atoms with Crippen molar-refractivity contribution in [3.63, 3.8) is 0 Å². The Bertz CT molecular complexity index is 765. The van der Waals surface area contributed by atoms with E-state index in [4.69, 9.17) is 10.5 Å². The van der Waals surface area contributed by atoms with E-state index in [0.717, 1.165) is 25.2 Å². The molecule has 2 aromatic rings. The smallest absolute Gasteiger partial charge is 0.219 e. The fraction of sp³-hybridized carbons (Fsp3) is 0.400. The fourth-order valence-electron chi connectivity index (χ4n) is 3.23. The second-order valence-corrected chi connectivity index (χ2v) is 6.57. The summed E-state index contributed by atoms with van der Waals surface area (Å²) in [5.41, 5.74) is 6.93. The van der Waals surface area contributed by atoms with Gasteiger partial charge in [-0.2, -0.15) is 0 Å². The van der Waals surface area contributed by atoms with Crippen LogP contribution >= 0.6 is 0 Å². The Hall–Kier alpha value is -2.67. The SMILES string of the molecule is CCN1CCCC1CNC(N)=NCc1ccnc(Oc2ccc(F)cc2)c1. The van der Waals surface area contributed by atoms with Gasteiger partial charge in [0.1, 0.15) is 11.6 Å². The van der Waals surface area contributed by atoms with Crippen molar-refractivity contribution in [3.8, 4) is 11.6 Å². The Morgan fingerprint density at radius 1 is 1.37 bits per heavy atom. The van der Waals surface area contributed by atoms with Crippen LogP contribution in [-0.2, 0) is 6.54 Å². The minimum absolute atomic E-state index is 0.305. The van der Waals surface area contributed by atoms with Gasteiger partial charge in [-0.15, -0.1) is 0 Å². The summed E-state index contributed by atoms with van der Waals surface area (Å²) >= 11 is 0. The van der Waals surface area contributed by atoms with Gasteiger partial charge < -0.3 is 15.8 Å². The van der Waals surface area contributed by atoms with E-state index in [1.165, 1.54) is 25.0 Å². The molecule has 1 aromatic carbocycles. The zero-order valence-corrected chi connectivity index (χ0v) is 15.6. The number of likely N-dealkylation sites (N-methyl/N-ethyl adjacent to an activating group) is 1. The Balaban J connectivity index is 1.52. The lowest BCUT2D eigenvalue weighted by atomic mass is 10.2. The van der Waals surface area contributed by atoms with Crippen LogP contribution in [0, 0.1) is 5.82 Å². The summed E-state index contributed by atoms with van der Waals surface area (Å²) in [5, 5.41) is 3.22. The summed E-state index contributed by atoms with van der Waals surface area (Å²) in [7, 11) is 0. The highest BCUT2D eigenvalue weighted by Crippen LogP contribution is 2.20. The van der Waals surface area contributed by atoms with Crippen molar-refractivity contribution < 1.29 is 9.13 Å². The van der Waals surface area contributed by atoms with Crippen LogP contribution in [0.2, 0.25) is 0 Å². The molecule has 0 amide bonds. The maximum absolute atomic E-state index is 13.0. The first-order chi connectivity index (χ1) is 13.1. The molecule has 6 nitrogen and oxygen atoms in total. The molecule has 1 fully saturated rings. The number of nitrogens with two attached hydrogens (primary N) is 1. The summed E-state index contributed by atoms with van der Waals surface area (Å²) in [4.78, 5) is 11.0. The average molecular weight is 371 g/mol. The third kappa shape index (κ3) is 5.65. The van der Waals surface area contributed by atoms with Crippen molar-refractivity contribution in [3.05, 3.63) is 54.0 Å². The molecule has 0 saturated carbocycles. The van der Waals surface area contributed by atoms with E-state index in [1.807, 2.05) is 6.07 Å². The first-order valence-corrected chi connectivity index (χ1v) is 9.30. The van der Waals surface area contributed by atoms with Crippen molar-refractivity contribution in [1.82, 2.24) is 15.2 Å². The van der Waals surface area contributed by atoms with E-state index < -0.39 is 0 Å². The molecule has 1 aromatic heterocycles. The number of hydrogen-bond donors (Lipinski definition) is 2. The Kier molecular flexibility index (Phi) is 6.59. The van der Waals surface area contributed by atoms with Crippen molar-refractivity contribution in [2.24, 2.45) is 10.7 Å². The summed E-state index contributed by atoms with van der Waals surface area (Å²) in [6, 6.07) is 10.0. The fourth-order valence-corrected chi connectivity index (χ4v) is 3.23. The molecular formula is C20H26FN5O. The van der Waals surface area contributed by atoms with Gasteiger partial charge in [-0.25, -0.2) is 14.4 Å². The predicted molar refractivity (Wildman–Crippen MR) is 104 cm³/mol. The molecule has 0 radical (unpaired) electrons. The molecule has 1 aliphatic rings. The molecular weight excluding hydrogens is 345 g/mol. The normalized spacial score (nSPS) is 17.9. The molecule has 2 heterocycles. The summed E-state index contributed by atoms with van der Waals surface area (Å²) in [6.45, 7) is 5.66. The van der Waals surface area contributed by atoms with Crippen LogP contribution in [0.4, 0.5) is 4.39 Å². The highest BCUT2D eigenvalue weighted by Gasteiger charge is 2.22. The molecule has 144 valence electrons. The van der Waals surface area contributed by atoms with Gasteiger partial charge in [0.25, 0.3) is 0 Å². The average Bonchev–Trinajstić information content (AvgIpc) is 3.14. The van der Waals surface area contributed by atoms with Crippen LogP contribution in [0.25, 0.3) is 0 Å². The van der Waals surface area contributed by atoms with Crippen LogP contribution in [-0.4, -0.2) is 41.5 Å². The Labute approximate surface area is 159 Å². The number of halogens is 1. The number of nitrogens with zero attached hydrogens (tertiary/aromatic N) is 3. The van der Waals surface area contributed by atoms with Gasteiger partial charge in [0, 0.05) is 24.8 Å². The molecule has 3 N–H and O–H groups in total. The van der Waals surface area contributed by atoms with Gasteiger partial charge in [-0.1, -0.05) is 6.92 Å². The number of ether oxygens (including phenoxy) is 1. The molecule has 27 heavy (non-hydrogen) atoms. The second-order valence-electron chi connectivity index (χ2n) is 6.57. The van der Waals surface area contributed by atoms with E-state index >= 15 is 0 Å². The van der Waals surface area contributed by atoms with Crippen molar-refractivity contribution in [2.75, 3.05) is 19.6 Å². The maximum Gasteiger partial charge on any atom is 0.219 e. The van der Waals surface area contributed by atoms with Gasteiger partial charge in [0.2, 0.25) is 5.88 Å². The standard InChI is InChI=1S/C20H26FN5O/c1-2-26-11-3-4-17(26)14-25-20(22)24-13-15-9-10-23-19(12-15)27-18-7-5-16(21)6-8-18/h5-10,12,17H,2-4,11,13-14H2,1H3,(H3,22,24,25). The van der Waals surface area contributed by atoms with Gasteiger partial charge in [0.15, 0.2) is 5.96 Å². The number of guanidine groups is 1. The predicted octanol–water partition coefficient (Wildman–Crippen LogP) is 2.90. The topological polar surface area (TPSA) is 75.8 Å². The number of likely N-dealkylation sites (tertiary alicyclic amines) is 1. The van der Waals surface area contributed by atoms with Crippen molar-refractivity contribution in [1.29, 1.82) is 0 Å². The number of pyridine rings is 1. The lowest BCUT2D eigenvalue weighted by Gasteiger charge is -2.23.